The van der Waals surface area contributed by atoms with Gasteiger partial charge in [-0.2, -0.15) is 0 Å². The molecule has 1 saturated heterocycles. The number of hydrogen-bond donors (Lipinski definition) is 2. The molecule has 4 rings (SSSR count). The summed E-state index contributed by atoms with van der Waals surface area (Å²) in [6, 6.07) is 27.6. The first-order valence-electron chi connectivity index (χ1n) is 14.3. The predicted octanol–water partition coefficient (Wildman–Crippen LogP) is 4.72. The average molecular weight is 564 g/mol. The summed E-state index contributed by atoms with van der Waals surface area (Å²) in [4.78, 5) is 15.0. The Bertz CT molecular complexity index is 1150. The van der Waals surface area contributed by atoms with Gasteiger partial charge in [-0.25, -0.2) is 4.79 Å². The van der Waals surface area contributed by atoms with Gasteiger partial charge in [-0.15, -0.1) is 0 Å². The van der Waals surface area contributed by atoms with E-state index in [1.807, 2.05) is 97.9 Å². The Balaban J connectivity index is 1.64. The number of rotatable bonds is 15. The minimum absolute atomic E-state index is 0.122. The molecule has 0 aromatic heterocycles. The van der Waals surface area contributed by atoms with Crippen LogP contribution in [-0.2, 0) is 38.8 Å². The number of carbonyl (C=O) groups excluding carboxylic acids is 1. The normalized spacial score (nSPS) is 21.1. The molecule has 41 heavy (non-hydrogen) atoms. The fraction of sp³-hybridized carbons (Fsp3) is 0.424. The van der Waals surface area contributed by atoms with E-state index in [2.05, 4.69) is 0 Å². The van der Waals surface area contributed by atoms with Crippen molar-refractivity contribution in [2.45, 2.75) is 70.0 Å². The lowest BCUT2D eigenvalue weighted by atomic mass is 10.0. The molecule has 220 valence electrons. The molecule has 1 amide bonds. The molecule has 1 heterocycles. The molecule has 0 saturated carbocycles. The van der Waals surface area contributed by atoms with E-state index in [9.17, 15) is 15.0 Å². The fourth-order valence-corrected chi connectivity index (χ4v) is 5.08. The molecule has 1 fully saturated rings. The zero-order valence-electron chi connectivity index (χ0n) is 23.6. The molecule has 8 nitrogen and oxygen atoms in total. The molecule has 0 aliphatic carbocycles. The van der Waals surface area contributed by atoms with Gasteiger partial charge in [-0.1, -0.05) is 104 Å². The second kappa shape index (κ2) is 16.2. The van der Waals surface area contributed by atoms with Crippen LogP contribution < -0.4 is 0 Å². The van der Waals surface area contributed by atoms with Crippen molar-refractivity contribution in [3.05, 3.63) is 108 Å². The molecule has 0 radical (unpaired) electrons. The van der Waals surface area contributed by atoms with Gasteiger partial charge >= 0.3 is 6.09 Å². The molecule has 2 N–H and O–H groups in total. The minimum atomic E-state index is -1.28. The highest BCUT2D eigenvalue weighted by Gasteiger charge is 2.55. The molecule has 1 aliphatic heterocycles. The third kappa shape index (κ3) is 8.61. The Morgan fingerprint density at radius 2 is 1.32 bits per heavy atom. The van der Waals surface area contributed by atoms with Gasteiger partial charge in [0.15, 0.2) is 0 Å². The molecule has 0 spiro atoms. The summed E-state index contributed by atoms with van der Waals surface area (Å²) in [6.07, 6.45) is -1.72. The number of aliphatic hydroxyl groups is 2. The van der Waals surface area contributed by atoms with Crippen molar-refractivity contribution in [3.63, 3.8) is 0 Å². The highest BCUT2D eigenvalue weighted by molar-refractivity contribution is 5.69. The summed E-state index contributed by atoms with van der Waals surface area (Å²) in [6.45, 7) is 2.67. The van der Waals surface area contributed by atoms with Crippen LogP contribution in [0.2, 0.25) is 0 Å². The molecular formula is C33H41NO7. The zero-order chi connectivity index (χ0) is 28.9. The van der Waals surface area contributed by atoms with Crippen molar-refractivity contribution in [1.82, 2.24) is 4.90 Å². The Morgan fingerprint density at radius 3 is 1.83 bits per heavy atom. The van der Waals surface area contributed by atoms with Crippen molar-refractivity contribution in [1.29, 1.82) is 0 Å². The summed E-state index contributed by atoms with van der Waals surface area (Å²) in [5.41, 5.74) is 2.89. The van der Waals surface area contributed by atoms with Crippen molar-refractivity contribution in [3.8, 4) is 0 Å². The van der Waals surface area contributed by atoms with E-state index >= 15 is 0 Å². The van der Waals surface area contributed by atoms with Gasteiger partial charge < -0.3 is 29.2 Å². The maximum atomic E-state index is 13.6. The molecule has 3 aromatic rings. The van der Waals surface area contributed by atoms with Crippen LogP contribution in [-0.4, -0.2) is 71.4 Å². The van der Waals surface area contributed by atoms with Gasteiger partial charge in [0.25, 0.3) is 0 Å². The summed E-state index contributed by atoms with van der Waals surface area (Å²) in [5, 5.41) is 21.1. The first-order chi connectivity index (χ1) is 20.1. The highest BCUT2D eigenvalue weighted by Crippen LogP contribution is 2.34. The number of unbranched alkanes of at least 4 members (excludes halogenated alkanes) is 1. The van der Waals surface area contributed by atoms with E-state index < -0.39 is 43.1 Å². The lowest BCUT2D eigenvalue weighted by Crippen LogP contribution is -2.52. The van der Waals surface area contributed by atoms with Gasteiger partial charge in [0.05, 0.1) is 51.7 Å². The Kier molecular flexibility index (Phi) is 12.2. The SMILES string of the molecule is CCCCOC(=O)N1[C@H]([C@@H](O)CO)[C@@H](OCc2ccccc2)[C@H](OCc2ccccc2)[C@H]1COCc1ccccc1. The second-order valence-electron chi connectivity index (χ2n) is 10.2. The number of carbonyl (C=O) groups is 1. The predicted molar refractivity (Wildman–Crippen MR) is 155 cm³/mol. The van der Waals surface area contributed by atoms with Gasteiger partial charge in [0.2, 0.25) is 0 Å². The van der Waals surface area contributed by atoms with Crippen LogP contribution in [0.25, 0.3) is 0 Å². The largest absolute Gasteiger partial charge is 0.449 e. The number of hydrogen-bond acceptors (Lipinski definition) is 7. The monoisotopic (exact) mass is 563 g/mol. The van der Waals surface area contributed by atoms with E-state index in [1.54, 1.807) is 0 Å². The number of benzene rings is 3. The van der Waals surface area contributed by atoms with Crippen LogP contribution in [0.3, 0.4) is 0 Å². The van der Waals surface area contributed by atoms with Crippen LogP contribution in [0.15, 0.2) is 91.0 Å². The maximum Gasteiger partial charge on any atom is 0.410 e. The molecule has 1 aliphatic rings. The first kappa shape index (κ1) is 30.7. The summed E-state index contributed by atoms with van der Waals surface area (Å²) in [7, 11) is 0. The second-order valence-corrected chi connectivity index (χ2v) is 10.2. The van der Waals surface area contributed by atoms with Gasteiger partial charge in [0.1, 0.15) is 18.3 Å². The lowest BCUT2D eigenvalue weighted by Gasteiger charge is -2.32. The summed E-state index contributed by atoms with van der Waals surface area (Å²) < 4.78 is 24.7. The van der Waals surface area contributed by atoms with Crippen LogP contribution in [0.4, 0.5) is 4.79 Å². The van der Waals surface area contributed by atoms with Crippen LogP contribution >= 0.6 is 0 Å². The molecule has 8 heteroatoms. The fourth-order valence-electron chi connectivity index (χ4n) is 5.08. The van der Waals surface area contributed by atoms with Crippen molar-refractivity contribution in [2.75, 3.05) is 19.8 Å². The van der Waals surface area contributed by atoms with E-state index in [0.717, 1.165) is 23.1 Å². The molecule has 3 aromatic carbocycles. The van der Waals surface area contributed by atoms with E-state index in [4.69, 9.17) is 18.9 Å². The summed E-state index contributed by atoms with van der Waals surface area (Å²) in [5.74, 6) is 0. The number of amides is 1. The maximum absolute atomic E-state index is 13.6. The standard InChI is InChI=1S/C33H41NO7/c1-2-3-19-39-33(37)34-28(24-38-21-25-13-7-4-8-14-25)31(40-22-26-15-9-5-10-16-26)32(30(34)29(36)20-35)41-23-27-17-11-6-12-18-27/h4-18,28-32,35-36H,2-3,19-24H2,1H3/t28-,29+,30-,31-,32-/m1/s1. The number of ether oxygens (including phenoxy) is 4. The van der Waals surface area contributed by atoms with Crippen molar-refractivity contribution < 1.29 is 34.0 Å². The number of likely N-dealkylation sites (tertiary alicyclic amines) is 1. The first-order valence-corrected chi connectivity index (χ1v) is 14.3. The number of aliphatic hydroxyl groups excluding tert-OH is 2. The third-order valence-electron chi connectivity index (χ3n) is 7.20. The third-order valence-corrected chi connectivity index (χ3v) is 7.20. The Labute approximate surface area is 242 Å². The van der Waals surface area contributed by atoms with Gasteiger partial charge in [-0.3, -0.25) is 4.90 Å². The highest BCUT2D eigenvalue weighted by atomic mass is 16.6. The smallest absolute Gasteiger partial charge is 0.410 e. The zero-order valence-corrected chi connectivity index (χ0v) is 23.6. The summed E-state index contributed by atoms with van der Waals surface area (Å²) >= 11 is 0. The van der Waals surface area contributed by atoms with Crippen molar-refractivity contribution in [2.24, 2.45) is 0 Å². The molecule has 0 unspecified atom stereocenters. The van der Waals surface area contributed by atoms with Gasteiger partial charge in [0, 0.05) is 0 Å². The number of nitrogens with zero attached hydrogens (tertiary/aromatic N) is 1. The van der Waals surface area contributed by atoms with Crippen molar-refractivity contribution >= 4 is 6.09 Å². The quantitative estimate of drug-likeness (QED) is 0.258. The molecule has 0 bridgehead atoms. The lowest BCUT2D eigenvalue weighted by molar-refractivity contribution is -0.0982. The van der Waals surface area contributed by atoms with E-state index in [-0.39, 0.29) is 26.4 Å². The minimum Gasteiger partial charge on any atom is -0.449 e. The Hall–Kier alpha value is -3.27. The van der Waals surface area contributed by atoms with E-state index in [0.29, 0.717) is 13.0 Å². The average Bonchev–Trinajstić information content (AvgIpc) is 3.33. The van der Waals surface area contributed by atoms with Crippen LogP contribution in [0, 0.1) is 0 Å². The van der Waals surface area contributed by atoms with Gasteiger partial charge in [-0.05, 0) is 23.1 Å². The topological polar surface area (TPSA) is 97.7 Å². The molecular weight excluding hydrogens is 522 g/mol. The van der Waals surface area contributed by atoms with Crippen LogP contribution in [0.5, 0.6) is 0 Å². The van der Waals surface area contributed by atoms with Crippen LogP contribution in [0.1, 0.15) is 36.5 Å². The van der Waals surface area contributed by atoms with E-state index in [1.165, 1.54) is 4.90 Å². The molecule has 5 atom stereocenters. The Morgan fingerprint density at radius 1 is 0.805 bits per heavy atom.